The van der Waals surface area contributed by atoms with Crippen molar-refractivity contribution < 1.29 is 22.9 Å². The highest BCUT2D eigenvalue weighted by Gasteiger charge is 2.33. The van der Waals surface area contributed by atoms with Crippen LogP contribution in [0, 0.1) is 10.1 Å². The predicted octanol–water partition coefficient (Wildman–Crippen LogP) is 4.39. The number of anilines is 1. The van der Waals surface area contributed by atoms with E-state index < -0.39 is 44.9 Å². The number of non-ortho nitro benzene ring substituents is 1. The number of sulfonamides is 1. The Morgan fingerprint density at radius 3 is 2.30 bits per heavy atom. The number of amides is 2. The van der Waals surface area contributed by atoms with Crippen LogP contribution < -0.4 is 9.62 Å². The zero-order valence-corrected chi connectivity index (χ0v) is 23.5. The number of benzene rings is 2. The summed E-state index contributed by atoms with van der Waals surface area (Å²) in [5.74, 6) is -1.12. The molecule has 1 atom stereocenters. The van der Waals surface area contributed by atoms with Crippen LogP contribution in [0.5, 0.6) is 0 Å². The topological polar surface area (TPSA) is 130 Å². The molecule has 0 aromatic heterocycles. The SMILES string of the molecule is CC[C@H](C(=O)NC(C)(C)C)N(Cc1ccc(Cl)cc1Cl)C(=O)CN(c1cccc([N+](=O)[O-])c1)S(C)(=O)=O. The second-order valence-electron chi connectivity index (χ2n) is 9.47. The first-order chi connectivity index (χ1) is 17.0. The van der Waals surface area contributed by atoms with Crippen LogP contribution in [-0.2, 0) is 26.2 Å². The Morgan fingerprint density at radius 2 is 1.78 bits per heavy atom. The highest BCUT2D eigenvalue weighted by atomic mass is 35.5. The summed E-state index contributed by atoms with van der Waals surface area (Å²) in [6.45, 7) is 6.34. The second-order valence-corrected chi connectivity index (χ2v) is 12.2. The standard InChI is InChI=1S/C24H30Cl2N4O6S/c1-6-21(23(32)27-24(2,3)4)28(14-16-10-11-17(25)12-20(16)26)22(31)15-29(37(5,35)36)18-8-7-9-19(13-18)30(33)34/h7-13,21H,6,14-15H2,1-5H3,(H,27,32)/t21-/m1/s1. The second kappa shape index (κ2) is 12.1. The van der Waals surface area contributed by atoms with E-state index in [9.17, 15) is 28.1 Å². The average molecular weight is 573 g/mol. The lowest BCUT2D eigenvalue weighted by molar-refractivity contribution is -0.384. The number of nitrogens with zero attached hydrogens (tertiary/aromatic N) is 3. The van der Waals surface area contributed by atoms with Crippen molar-refractivity contribution in [2.45, 2.75) is 52.2 Å². The molecule has 0 heterocycles. The molecule has 0 aliphatic carbocycles. The summed E-state index contributed by atoms with van der Waals surface area (Å²) in [6.07, 6.45) is 1.12. The molecule has 13 heteroatoms. The van der Waals surface area contributed by atoms with Gasteiger partial charge in [-0.1, -0.05) is 42.3 Å². The third-order valence-corrected chi connectivity index (χ3v) is 6.98. The maximum absolute atomic E-state index is 13.7. The fraction of sp³-hybridized carbons (Fsp3) is 0.417. The highest BCUT2D eigenvalue weighted by molar-refractivity contribution is 7.92. The van der Waals surface area contributed by atoms with Crippen LogP contribution in [0.3, 0.4) is 0 Å². The number of nitro groups is 1. The van der Waals surface area contributed by atoms with Gasteiger partial charge < -0.3 is 10.2 Å². The van der Waals surface area contributed by atoms with Crippen molar-refractivity contribution >= 4 is 56.4 Å². The number of carbonyl (C=O) groups is 2. The van der Waals surface area contributed by atoms with Gasteiger partial charge in [0, 0.05) is 34.3 Å². The quantitative estimate of drug-likeness (QED) is 0.332. The van der Waals surface area contributed by atoms with Crippen LogP contribution in [0.4, 0.5) is 11.4 Å². The van der Waals surface area contributed by atoms with Crippen LogP contribution in [0.2, 0.25) is 10.0 Å². The van der Waals surface area contributed by atoms with Gasteiger partial charge in [-0.2, -0.15) is 0 Å². The summed E-state index contributed by atoms with van der Waals surface area (Å²) in [6, 6.07) is 8.72. The molecule has 0 spiro atoms. The minimum absolute atomic E-state index is 0.0540. The molecule has 0 unspecified atom stereocenters. The molecule has 0 saturated carbocycles. The number of hydrogen-bond acceptors (Lipinski definition) is 6. The van der Waals surface area contributed by atoms with E-state index in [2.05, 4.69) is 5.32 Å². The molecule has 0 aliphatic rings. The van der Waals surface area contributed by atoms with E-state index in [1.165, 1.54) is 29.2 Å². The van der Waals surface area contributed by atoms with Crippen LogP contribution in [0.25, 0.3) is 0 Å². The van der Waals surface area contributed by atoms with Crippen LogP contribution in [0.15, 0.2) is 42.5 Å². The summed E-state index contributed by atoms with van der Waals surface area (Å²) < 4.78 is 26.1. The maximum Gasteiger partial charge on any atom is 0.271 e. The summed E-state index contributed by atoms with van der Waals surface area (Å²) in [5, 5.41) is 14.7. The van der Waals surface area contributed by atoms with E-state index in [0.29, 0.717) is 10.6 Å². The van der Waals surface area contributed by atoms with E-state index in [-0.39, 0.29) is 29.4 Å². The molecule has 10 nitrogen and oxygen atoms in total. The molecule has 37 heavy (non-hydrogen) atoms. The van der Waals surface area contributed by atoms with Gasteiger partial charge in [0.1, 0.15) is 12.6 Å². The minimum atomic E-state index is -4.04. The third-order valence-electron chi connectivity index (χ3n) is 5.25. The van der Waals surface area contributed by atoms with Gasteiger partial charge in [-0.05, 0) is 51.0 Å². The Hall–Kier alpha value is -2.89. The van der Waals surface area contributed by atoms with E-state index in [4.69, 9.17) is 23.2 Å². The molecule has 0 fully saturated rings. The number of hydrogen-bond donors (Lipinski definition) is 1. The molecule has 1 N–H and O–H groups in total. The van der Waals surface area contributed by atoms with Crippen molar-refractivity contribution in [2.75, 3.05) is 17.1 Å². The van der Waals surface area contributed by atoms with Gasteiger partial charge in [-0.15, -0.1) is 0 Å². The van der Waals surface area contributed by atoms with Crippen LogP contribution in [-0.4, -0.2) is 54.4 Å². The van der Waals surface area contributed by atoms with Gasteiger partial charge >= 0.3 is 0 Å². The lowest BCUT2D eigenvalue weighted by Crippen LogP contribution is -2.55. The third kappa shape index (κ3) is 8.58. The fourth-order valence-electron chi connectivity index (χ4n) is 3.58. The lowest BCUT2D eigenvalue weighted by atomic mass is 10.1. The smallest absolute Gasteiger partial charge is 0.271 e. The lowest BCUT2D eigenvalue weighted by Gasteiger charge is -2.34. The zero-order chi connectivity index (χ0) is 28.1. The molecule has 0 aliphatic heterocycles. The van der Waals surface area contributed by atoms with Crippen molar-refractivity contribution in [1.29, 1.82) is 0 Å². The van der Waals surface area contributed by atoms with Crippen molar-refractivity contribution in [1.82, 2.24) is 10.2 Å². The number of nitrogens with one attached hydrogen (secondary N) is 1. The maximum atomic E-state index is 13.7. The number of nitro benzene ring substituents is 1. The zero-order valence-electron chi connectivity index (χ0n) is 21.2. The number of halogens is 2. The molecule has 0 bridgehead atoms. The molecule has 2 rings (SSSR count). The largest absolute Gasteiger partial charge is 0.350 e. The first kappa shape index (κ1) is 30.3. The van der Waals surface area contributed by atoms with E-state index in [1.54, 1.807) is 39.8 Å². The van der Waals surface area contributed by atoms with Gasteiger partial charge in [0.05, 0.1) is 16.9 Å². The van der Waals surface area contributed by atoms with E-state index in [1.807, 2.05) is 0 Å². The molecule has 2 aromatic rings. The van der Waals surface area contributed by atoms with Gasteiger partial charge in [0.25, 0.3) is 5.69 Å². The van der Waals surface area contributed by atoms with Crippen molar-refractivity contribution in [3.8, 4) is 0 Å². The van der Waals surface area contributed by atoms with Crippen molar-refractivity contribution in [3.63, 3.8) is 0 Å². The summed E-state index contributed by atoms with van der Waals surface area (Å²) in [4.78, 5) is 38.7. The summed E-state index contributed by atoms with van der Waals surface area (Å²) in [5.41, 5.74) is -0.470. The molecule has 202 valence electrons. The van der Waals surface area contributed by atoms with E-state index >= 15 is 0 Å². The van der Waals surface area contributed by atoms with Gasteiger partial charge in [0.15, 0.2) is 0 Å². The predicted molar refractivity (Wildman–Crippen MR) is 144 cm³/mol. The summed E-state index contributed by atoms with van der Waals surface area (Å²) >= 11 is 12.3. The molecule has 2 amide bonds. The molecule has 0 radical (unpaired) electrons. The number of carbonyl (C=O) groups excluding carboxylic acids is 2. The summed E-state index contributed by atoms with van der Waals surface area (Å²) in [7, 11) is -4.04. The Kier molecular flexibility index (Phi) is 9.92. The molecule has 2 aromatic carbocycles. The van der Waals surface area contributed by atoms with Crippen molar-refractivity contribution in [3.05, 3.63) is 68.2 Å². The average Bonchev–Trinajstić information content (AvgIpc) is 2.76. The van der Waals surface area contributed by atoms with Crippen LogP contribution in [0.1, 0.15) is 39.7 Å². The Balaban J connectivity index is 2.53. The Bertz CT molecular complexity index is 1280. The minimum Gasteiger partial charge on any atom is -0.350 e. The van der Waals surface area contributed by atoms with Gasteiger partial charge in [-0.3, -0.25) is 24.0 Å². The van der Waals surface area contributed by atoms with Crippen LogP contribution >= 0.6 is 23.2 Å². The highest BCUT2D eigenvalue weighted by Crippen LogP contribution is 2.26. The van der Waals surface area contributed by atoms with Crippen molar-refractivity contribution in [2.24, 2.45) is 0 Å². The number of rotatable bonds is 10. The Morgan fingerprint density at radius 1 is 1.14 bits per heavy atom. The van der Waals surface area contributed by atoms with E-state index in [0.717, 1.165) is 16.6 Å². The Labute approximate surface area is 226 Å². The first-order valence-corrected chi connectivity index (χ1v) is 13.9. The van der Waals surface area contributed by atoms with Gasteiger partial charge in [0.2, 0.25) is 21.8 Å². The normalized spacial score (nSPS) is 12.5. The van der Waals surface area contributed by atoms with Gasteiger partial charge in [-0.25, -0.2) is 8.42 Å². The molecular weight excluding hydrogens is 543 g/mol. The molecular formula is C24H30Cl2N4O6S. The monoisotopic (exact) mass is 572 g/mol. The first-order valence-electron chi connectivity index (χ1n) is 11.3. The fourth-order valence-corrected chi connectivity index (χ4v) is 4.89. The molecule has 0 saturated heterocycles.